The van der Waals surface area contributed by atoms with Crippen molar-refractivity contribution in [2.24, 2.45) is 0 Å². The van der Waals surface area contributed by atoms with Gasteiger partial charge in [-0.25, -0.2) is 0 Å². The molecule has 24 heavy (non-hydrogen) atoms. The van der Waals surface area contributed by atoms with Gasteiger partial charge < -0.3 is 10.6 Å². The van der Waals surface area contributed by atoms with Crippen molar-refractivity contribution in [2.75, 3.05) is 10.6 Å². The summed E-state index contributed by atoms with van der Waals surface area (Å²) in [5, 5.41) is 17.0. The van der Waals surface area contributed by atoms with Gasteiger partial charge in [-0.05, 0) is 42.8 Å². The Balaban J connectivity index is 1.80. The highest BCUT2D eigenvalue weighted by atomic mass is 35.5. The number of aromatic amines is 1. The number of aromatic nitrogens is 3. The van der Waals surface area contributed by atoms with Crippen LogP contribution >= 0.6 is 23.2 Å². The van der Waals surface area contributed by atoms with Gasteiger partial charge in [0.1, 0.15) is 0 Å². The lowest BCUT2D eigenvalue weighted by Crippen LogP contribution is -2.14. The van der Waals surface area contributed by atoms with Crippen LogP contribution in [0.2, 0.25) is 10.0 Å². The molecule has 0 aliphatic heterocycles. The number of aryl methyl sites for hydroxylation is 1. The average Bonchev–Trinajstić information content (AvgIpc) is 2.98. The zero-order chi connectivity index (χ0) is 17.1. The molecule has 2 aromatic carbocycles. The van der Waals surface area contributed by atoms with Crippen LogP contribution in [0.3, 0.4) is 0 Å². The number of rotatable bonds is 4. The monoisotopic (exact) mass is 361 g/mol. The first-order chi connectivity index (χ1) is 11.5. The fourth-order valence-corrected chi connectivity index (χ4v) is 2.55. The summed E-state index contributed by atoms with van der Waals surface area (Å²) in [6.07, 6.45) is 0. The number of nitrogens with zero attached hydrogens (tertiary/aromatic N) is 2. The van der Waals surface area contributed by atoms with E-state index in [1.807, 2.05) is 13.0 Å². The number of halogens is 2. The van der Waals surface area contributed by atoms with E-state index in [-0.39, 0.29) is 11.5 Å². The molecule has 0 aliphatic carbocycles. The molecule has 0 bridgehead atoms. The predicted octanol–water partition coefficient (Wildman–Crippen LogP) is 4.42. The van der Waals surface area contributed by atoms with Gasteiger partial charge in [0, 0.05) is 10.7 Å². The molecule has 0 aliphatic rings. The van der Waals surface area contributed by atoms with E-state index in [1.54, 1.807) is 36.4 Å². The van der Waals surface area contributed by atoms with Gasteiger partial charge in [0.25, 0.3) is 5.91 Å². The number of hydrogen-bond acceptors (Lipinski definition) is 4. The number of nitrogens with one attached hydrogen (secondary N) is 3. The molecule has 0 atom stereocenters. The van der Waals surface area contributed by atoms with Crippen LogP contribution in [0.15, 0.2) is 42.5 Å². The van der Waals surface area contributed by atoms with Crippen LogP contribution in [0.4, 0.5) is 17.2 Å². The van der Waals surface area contributed by atoms with E-state index in [9.17, 15) is 4.79 Å². The fourth-order valence-electron chi connectivity index (χ4n) is 2.08. The fraction of sp³-hybridized carbons (Fsp3) is 0.0625. The van der Waals surface area contributed by atoms with E-state index in [1.165, 1.54) is 0 Å². The van der Waals surface area contributed by atoms with Gasteiger partial charge in [-0.3, -0.25) is 4.79 Å². The summed E-state index contributed by atoms with van der Waals surface area (Å²) in [4.78, 5) is 12.4. The molecule has 1 amide bonds. The van der Waals surface area contributed by atoms with Crippen LogP contribution in [0.1, 0.15) is 16.1 Å². The Morgan fingerprint density at radius 1 is 1.12 bits per heavy atom. The minimum atomic E-state index is -0.431. The highest BCUT2D eigenvalue weighted by Crippen LogP contribution is 2.25. The second kappa shape index (κ2) is 6.90. The Morgan fingerprint density at radius 3 is 2.71 bits per heavy atom. The van der Waals surface area contributed by atoms with E-state index >= 15 is 0 Å². The first-order valence-electron chi connectivity index (χ1n) is 7.04. The van der Waals surface area contributed by atoms with Gasteiger partial charge in [-0.1, -0.05) is 35.3 Å². The summed E-state index contributed by atoms with van der Waals surface area (Å²) in [7, 11) is 0. The number of benzene rings is 2. The Morgan fingerprint density at radius 2 is 1.96 bits per heavy atom. The Hall–Kier alpha value is -2.57. The van der Waals surface area contributed by atoms with Crippen molar-refractivity contribution in [1.29, 1.82) is 0 Å². The van der Waals surface area contributed by atoms with Crippen molar-refractivity contribution in [1.82, 2.24) is 15.4 Å². The van der Waals surface area contributed by atoms with E-state index < -0.39 is 5.91 Å². The quantitative estimate of drug-likeness (QED) is 0.642. The van der Waals surface area contributed by atoms with Gasteiger partial charge in [-0.15, -0.1) is 10.2 Å². The molecular weight excluding hydrogens is 349 g/mol. The molecule has 0 saturated carbocycles. The van der Waals surface area contributed by atoms with Crippen molar-refractivity contribution < 1.29 is 4.79 Å². The maximum atomic E-state index is 12.4. The molecule has 0 radical (unpaired) electrons. The second-order valence-corrected chi connectivity index (χ2v) is 5.94. The molecule has 8 heteroatoms. The molecule has 0 unspecified atom stereocenters. The zero-order valence-electron chi connectivity index (χ0n) is 12.6. The third-order valence-electron chi connectivity index (χ3n) is 3.22. The van der Waals surface area contributed by atoms with Gasteiger partial charge in [-0.2, -0.15) is 5.21 Å². The largest absolute Gasteiger partial charge is 0.337 e. The Kier molecular flexibility index (Phi) is 4.69. The van der Waals surface area contributed by atoms with Crippen LogP contribution in [0, 0.1) is 6.92 Å². The molecule has 0 spiro atoms. The summed E-state index contributed by atoms with van der Waals surface area (Å²) < 4.78 is 0. The first kappa shape index (κ1) is 16.3. The lowest BCUT2D eigenvalue weighted by atomic mass is 10.2. The summed E-state index contributed by atoms with van der Waals surface area (Å²) in [5.74, 6) is -0.142. The average molecular weight is 362 g/mol. The van der Waals surface area contributed by atoms with Gasteiger partial charge in [0.2, 0.25) is 0 Å². The number of amides is 1. The summed E-state index contributed by atoms with van der Waals surface area (Å²) in [5.41, 5.74) is 2.32. The predicted molar refractivity (Wildman–Crippen MR) is 95.3 cm³/mol. The number of carbonyl (C=O) groups is 1. The topological polar surface area (TPSA) is 82.7 Å². The van der Waals surface area contributed by atoms with E-state index in [2.05, 4.69) is 26.0 Å². The Labute approximate surface area is 148 Å². The lowest BCUT2D eigenvalue weighted by Gasteiger charge is -2.08. The molecule has 3 N–H and O–H groups in total. The maximum Gasteiger partial charge on any atom is 0.280 e. The molecule has 0 saturated heterocycles. The van der Waals surface area contributed by atoms with Crippen LogP contribution < -0.4 is 10.6 Å². The minimum Gasteiger partial charge on any atom is -0.337 e. The summed E-state index contributed by atoms with van der Waals surface area (Å²) >= 11 is 12.1. The van der Waals surface area contributed by atoms with Crippen molar-refractivity contribution in [3.05, 3.63) is 63.8 Å². The minimum absolute atomic E-state index is 0.117. The molecule has 0 fully saturated rings. The van der Waals surface area contributed by atoms with Crippen LogP contribution in [0.25, 0.3) is 0 Å². The maximum absolute atomic E-state index is 12.4. The third kappa shape index (κ3) is 3.67. The van der Waals surface area contributed by atoms with Crippen LogP contribution in [0.5, 0.6) is 0 Å². The van der Waals surface area contributed by atoms with Crippen LogP contribution in [-0.4, -0.2) is 21.3 Å². The van der Waals surface area contributed by atoms with Crippen LogP contribution in [-0.2, 0) is 0 Å². The molecule has 3 rings (SSSR count). The molecule has 3 aromatic rings. The first-order valence-corrected chi connectivity index (χ1v) is 7.79. The zero-order valence-corrected chi connectivity index (χ0v) is 14.1. The van der Waals surface area contributed by atoms with E-state index in [0.717, 1.165) is 5.56 Å². The SMILES string of the molecule is Cc1ccc(NC(=O)c2n[nH]nc2Nc2cccc(Cl)c2)c(Cl)c1. The highest BCUT2D eigenvalue weighted by Gasteiger charge is 2.18. The number of hydrogen-bond donors (Lipinski definition) is 3. The molecule has 1 heterocycles. The van der Waals surface area contributed by atoms with E-state index in [0.29, 0.717) is 21.4 Å². The Bertz CT molecular complexity index is 894. The molecule has 122 valence electrons. The number of anilines is 3. The molecule has 6 nitrogen and oxygen atoms in total. The van der Waals surface area contributed by atoms with Crippen molar-refractivity contribution in [3.8, 4) is 0 Å². The smallest absolute Gasteiger partial charge is 0.280 e. The number of carbonyl (C=O) groups excluding carboxylic acids is 1. The molecule has 1 aromatic heterocycles. The van der Waals surface area contributed by atoms with Gasteiger partial charge >= 0.3 is 0 Å². The summed E-state index contributed by atoms with van der Waals surface area (Å²) in [6, 6.07) is 12.4. The van der Waals surface area contributed by atoms with Gasteiger partial charge in [0.05, 0.1) is 10.7 Å². The second-order valence-electron chi connectivity index (χ2n) is 5.09. The van der Waals surface area contributed by atoms with Crippen molar-refractivity contribution in [2.45, 2.75) is 6.92 Å². The van der Waals surface area contributed by atoms with Crippen molar-refractivity contribution in [3.63, 3.8) is 0 Å². The van der Waals surface area contributed by atoms with Gasteiger partial charge in [0.15, 0.2) is 11.5 Å². The standard InChI is InChI=1S/C16H13Cl2N5O/c1-9-5-6-13(12(18)7-9)20-16(24)14-15(22-23-21-14)19-11-4-2-3-10(17)8-11/h2-8H,1H3,(H,20,24)(H2,19,21,22,23). The highest BCUT2D eigenvalue weighted by molar-refractivity contribution is 6.34. The van der Waals surface area contributed by atoms with Crippen molar-refractivity contribution >= 4 is 46.3 Å². The summed E-state index contributed by atoms with van der Waals surface area (Å²) in [6.45, 7) is 1.92. The van der Waals surface area contributed by atoms with E-state index in [4.69, 9.17) is 23.2 Å². The number of H-pyrrole nitrogens is 1. The normalized spacial score (nSPS) is 10.5. The third-order valence-corrected chi connectivity index (χ3v) is 3.77. The lowest BCUT2D eigenvalue weighted by molar-refractivity contribution is 0.102. The molecular formula is C16H13Cl2N5O.